The molecule has 0 radical (unpaired) electrons. The first kappa shape index (κ1) is 13.1. The van der Waals surface area contributed by atoms with Crippen LogP contribution < -0.4 is 10.5 Å². The Hall–Kier alpha value is -1.32. The summed E-state index contributed by atoms with van der Waals surface area (Å²) < 4.78 is 6.09. The van der Waals surface area contributed by atoms with Gasteiger partial charge in [-0.25, -0.2) is 0 Å². The van der Waals surface area contributed by atoms with Crippen LogP contribution in [-0.2, 0) is 0 Å². The molecule has 0 aliphatic heterocycles. The summed E-state index contributed by atoms with van der Waals surface area (Å²) in [6, 6.07) is 12.2. The number of hydrogen-bond acceptors (Lipinski definition) is 3. The van der Waals surface area contributed by atoms with E-state index in [1.165, 1.54) is 9.75 Å². The highest BCUT2D eigenvalue weighted by Crippen LogP contribution is 2.30. The van der Waals surface area contributed by atoms with E-state index in [1.54, 1.807) is 11.3 Å². The van der Waals surface area contributed by atoms with Gasteiger partial charge >= 0.3 is 0 Å². The third kappa shape index (κ3) is 2.92. The van der Waals surface area contributed by atoms with E-state index >= 15 is 0 Å². The number of rotatable bonds is 4. The van der Waals surface area contributed by atoms with Gasteiger partial charge in [0.05, 0.1) is 0 Å². The summed E-state index contributed by atoms with van der Waals surface area (Å²) in [6.45, 7) is 6.13. The van der Waals surface area contributed by atoms with Gasteiger partial charge in [0, 0.05) is 15.8 Å². The lowest BCUT2D eigenvalue weighted by atomic mass is 10.1. The van der Waals surface area contributed by atoms with E-state index in [4.69, 9.17) is 10.5 Å². The van der Waals surface area contributed by atoms with Gasteiger partial charge in [-0.1, -0.05) is 18.2 Å². The molecule has 0 amide bonds. The minimum Gasteiger partial charge on any atom is -0.483 e. The van der Waals surface area contributed by atoms with Crippen molar-refractivity contribution < 1.29 is 4.74 Å². The molecular weight excluding hydrogens is 242 g/mol. The Balaban J connectivity index is 2.25. The fourth-order valence-electron chi connectivity index (χ4n) is 1.86. The lowest BCUT2D eigenvalue weighted by Crippen LogP contribution is -2.28. The number of thiophene rings is 1. The van der Waals surface area contributed by atoms with Crippen molar-refractivity contribution in [1.82, 2.24) is 0 Å². The summed E-state index contributed by atoms with van der Waals surface area (Å²) in [6.07, 6.45) is -0.0789. The summed E-state index contributed by atoms with van der Waals surface area (Å²) in [7, 11) is 0. The molecule has 0 saturated heterocycles. The van der Waals surface area contributed by atoms with Gasteiger partial charge in [0.1, 0.15) is 11.9 Å². The monoisotopic (exact) mass is 261 g/mol. The Bertz CT molecular complexity index is 519. The molecule has 1 aromatic carbocycles. The van der Waals surface area contributed by atoms with Gasteiger partial charge < -0.3 is 10.5 Å². The van der Waals surface area contributed by atoms with Crippen molar-refractivity contribution in [3.05, 3.63) is 51.7 Å². The molecule has 0 aliphatic rings. The largest absolute Gasteiger partial charge is 0.483 e. The van der Waals surface area contributed by atoms with Crippen LogP contribution in [0.15, 0.2) is 36.4 Å². The third-order valence-electron chi connectivity index (χ3n) is 2.87. The lowest BCUT2D eigenvalue weighted by molar-refractivity contribution is 0.183. The SMILES string of the molecule is Cc1ccc(C(Oc2ccccc2C)C(C)N)s1. The Morgan fingerprint density at radius 3 is 2.39 bits per heavy atom. The van der Waals surface area contributed by atoms with Crippen LogP contribution in [0.2, 0.25) is 0 Å². The molecule has 2 nitrogen and oxygen atoms in total. The second kappa shape index (κ2) is 5.55. The second-order valence-corrected chi connectivity index (χ2v) is 5.93. The molecule has 2 aromatic rings. The van der Waals surface area contributed by atoms with E-state index in [9.17, 15) is 0 Å². The van der Waals surface area contributed by atoms with Crippen molar-refractivity contribution in [3.63, 3.8) is 0 Å². The highest BCUT2D eigenvalue weighted by molar-refractivity contribution is 7.12. The van der Waals surface area contributed by atoms with Gasteiger partial charge in [-0.3, -0.25) is 0 Å². The molecule has 2 unspecified atom stereocenters. The van der Waals surface area contributed by atoms with Crippen LogP contribution >= 0.6 is 11.3 Å². The van der Waals surface area contributed by atoms with Gasteiger partial charge in [0.25, 0.3) is 0 Å². The van der Waals surface area contributed by atoms with Crippen molar-refractivity contribution in [3.8, 4) is 5.75 Å². The summed E-state index contributed by atoms with van der Waals surface area (Å²) in [5.74, 6) is 0.908. The fraction of sp³-hybridized carbons (Fsp3) is 0.333. The van der Waals surface area contributed by atoms with Crippen LogP contribution in [0.1, 0.15) is 28.3 Å². The van der Waals surface area contributed by atoms with Gasteiger partial charge in [0.2, 0.25) is 0 Å². The smallest absolute Gasteiger partial charge is 0.148 e. The molecule has 18 heavy (non-hydrogen) atoms. The molecule has 2 atom stereocenters. The van der Waals surface area contributed by atoms with E-state index < -0.39 is 0 Å². The molecule has 0 aliphatic carbocycles. The van der Waals surface area contributed by atoms with Crippen LogP contribution in [0, 0.1) is 13.8 Å². The summed E-state index contributed by atoms with van der Waals surface area (Å²) in [5, 5.41) is 0. The Morgan fingerprint density at radius 1 is 1.11 bits per heavy atom. The fourth-order valence-corrected chi connectivity index (χ4v) is 2.88. The van der Waals surface area contributed by atoms with Crippen LogP contribution in [0.4, 0.5) is 0 Å². The predicted octanol–water partition coefficient (Wildman–Crippen LogP) is 3.83. The average Bonchev–Trinajstić information content (AvgIpc) is 2.74. The van der Waals surface area contributed by atoms with E-state index in [2.05, 4.69) is 19.1 Å². The van der Waals surface area contributed by atoms with Gasteiger partial charge in [-0.05, 0) is 44.5 Å². The molecule has 0 fully saturated rings. The molecule has 0 saturated carbocycles. The van der Waals surface area contributed by atoms with Crippen molar-refractivity contribution in [1.29, 1.82) is 0 Å². The number of ether oxygens (including phenoxy) is 1. The number of hydrogen-bond donors (Lipinski definition) is 1. The first-order valence-electron chi connectivity index (χ1n) is 6.12. The summed E-state index contributed by atoms with van der Waals surface area (Å²) >= 11 is 1.74. The molecule has 0 spiro atoms. The van der Waals surface area contributed by atoms with E-state index in [0.29, 0.717) is 0 Å². The van der Waals surface area contributed by atoms with Gasteiger partial charge in [0.15, 0.2) is 0 Å². The zero-order valence-electron chi connectivity index (χ0n) is 11.0. The molecule has 2 N–H and O–H groups in total. The third-order valence-corrected chi connectivity index (χ3v) is 3.93. The van der Waals surface area contributed by atoms with E-state index in [-0.39, 0.29) is 12.1 Å². The van der Waals surface area contributed by atoms with Crippen molar-refractivity contribution >= 4 is 11.3 Å². The van der Waals surface area contributed by atoms with Crippen LogP contribution in [0.25, 0.3) is 0 Å². The standard InChI is InChI=1S/C15H19NOS/c1-10-6-4-5-7-13(10)17-15(12(3)16)14-9-8-11(2)18-14/h4-9,12,15H,16H2,1-3H3. The van der Waals surface area contributed by atoms with Gasteiger partial charge in [-0.2, -0.15) is 0 Å². The Kier molecular flexibility index (Phi) is 4.04. The van der Waals surface area contributed by atoms with E-state index in [0.717, 1.165) is 11.3 Å². The van der Waals surface area contributed by atoms with Crippen LogP contribution in [0.5, 0.6) is 5.75 Å². The second-order valence-electron chi connectivity index (χ2n) is 4.61. The number of para-hydroxylation sites is 1. The van der Waals surface area contributed by atoms with Crippen LogP contribution in [-0.4, -0.2) is 6.04 Å². The molecule has 0 bridgehead atoms. The molecular formula is C15H19NOS. The number of aryl methyl sites for hydroxylation is 2. The topological polar surface area (TPSA) is 35.2 Å². The lowest BCUT2D eigenvalue weighted by Gasteiger charge is -2.22. The maximum Gasteiger partial charge on any atom is 0.148 e. The molecule has 1 heterocycles. The minimum atomic E-state index is -0.0789. The van der Waals surface area contributed by atoms with E-state index in [1.807, 2.05) is 38.1 Å². The van der Waals surface area contributed by atoms with Crippen LogP contribution in [0.3, 0.4) is 0 Å². The maximum atomic E-state index is 6.09. The molecule has 2 rings (SSSR count). The molecule has 1 aromatic heterocycles. The minimum absolute atomic E-state index is 0.0392. The van der Waals surface area contributed by atoms with Gasteiger partial charge in [-0.15, -0.1) is 11.3 Å². The zero-order valence-corrected chi connectivity index (χ0v) is 11.8. The predicted molar refractivity (Wildman–Crippen MR) is 77.3 cm³/mol. The number of benzene rings is 1. The average molecular weight is 261 g/mol. The van der Waals surface area contributed by atoms with Crippen molar-refractivity contribution in [2.45, 2.75) is 32.9 Å². The number of nitrogens with two attached hydrogens (primary N) is 1. The summed E-state index contributed by atoms with van der Waals surface area (Å²) in [4.78, 5) is 2.47. The van der Waals surface area contributed by atoms with Crippen molar-refractivity contribution in [2.24, 2.45) is 5.73 Å². The first-order valence-corrected chi connectivity index (χ1v) is 6.94. The van der Waals surface area contributed by atoms with Crippen molar-refractivity contribution in [2.75, 3.05) is 0 Å². The normalized spacial score (nSPS) is 14.2. The summed E-state index contributed by atoms with van der Waals surface area (Å²) in [5.41, 5.74) is 7.19. The highest BCUT2D eigenvalue weighted by Gasteiger charge is 2.20. The quantitative estimate of drug-likeness (QED) is 0.907. The molecule has 3 heteroatoms. The highest BCUT2D eigenvalue weighted by atomic mass is 32.1. The first-order chi connectivity index (χ1) is 8.58. The molecule has 96 valence electrons. The zero-order chi connectivity index (χ0) is 13.1. The Morgan fingerprint density at radius 2 is 1.83 bits per heavy atom. The maximum absolute atomic E-state index is 6.09. The Labute approximate surface area is 112 Å².